The fraction of sp³-hybridized carbons (Fsp3) is 0.500. The van der Waals surface area contributed by atoms with Crippen LogP contribution in [0, 0.1) is 0 Å². The predicted molar refractivity (Wildman–Crippen MR) is 90.0 cm³/mol. The van der Waals surface area contributed by atoms with Crippen LogP contribution in [0.4, 0.5) is 11.4 Å². The highest BCUT2D eigenvalue weighted by molar-refractivity contribution is 5.92. The van der Waals surface area contributed by atoms with Gasteiger partial charge in [0.15, 0.2) is 0 Å². The van der Waals surface area contributed by atoms with Crippen molar-refractivity contribution in [1.29, 1.82) is 0 Å². The molecular formula is C16H26N4O2. The number of hydrogen-bond donors (Lipinski definition) is 3. The van der Waals surface area contributed by atoms with E-state index in [0.29, 0.717) is 19.4 Å². The fourth-order valence-corrected chi connectivity index (χ4v) is 1.83. The predicted octanol–water partition coefficient (Wildman–Crippen LogP) is 1.51. The standard InChI is InChI=1S/C16H26N4O2/c1-17-11-4-5-15(21)18-13-6-8-14(9-7-13)19-16(22)10-12-20(2)3/h6-9,17H,4-5,10-12H2,1-3H3,(H,18,21)(H,19,22). The van der Waals surface area contributed by atoms with Crippen LogP contribution in [0.1, 0.15) is 19.3 Å². The topological polar surface area (TPSA) is 73.5 Å². The average molecular weight is 306 g/mol. The lowest BCUT2D eigenvalue weighted by molar-refractivity contribution is -0.117. The Hall–Kier alpha value is -1.92. The highest BCUT2D eigenvalue weighted by Gasteiger charge is 2.05. The molecule has 3 N–H and O–H groups in total. The molecule has 0 atom stereocenters. The number of amides is 2. The third kappa shape index (κ3) is 7.75. The van der Waals surface area contributed by atoms with Crippen molar-refractivity contribution >= 4 is 23.2 Å². The second kappa shape index (κ2) is 9.92. The monoisotopic (exact) mass is 306 g/mol. The van der Waals surface area contributed by atoms with Gasteiger partial charge in [0, 0.05) is 30.8 Å². The minimum atomic E-state index is -0.0162. The molecule has 0 aliphatic carbocycles. The fourth-order valence-electron chi connectivity index (χ4n) is 1.83. The molecule has 0 saturated carbocycles. The van der Waals surface area contributed by atoms with Crippen LogP contribution < -0.4 is 16.0 Å². The minimum Gasteiger partial charge on any atom is -0.326 e. The summed E-state index contributed by atoms with van der Waals surface area (Å²) in [6, 6.07) is 7.16. The summed E-state index contributed by atoms with van der Waals surface area (Å²) < 4.78 is 0. The van der Waals surface area contributed by atoms with Crippen LogP contribution in [0.15, 0.2) is 24.3 Å². The van der Waals surface area contributed by atoms with E-state index >= 15 is 0 Å². The average Bonchev–Trinajstić information content (AvgIpc) is 2.47. The second-order valence-electron chi connectivity index (χ2n) is 5.43. The molecule has 0 fully saturated rings. The first-order valence-electron chi connectivity index (χ1n) is 7.50. The first kappa shape index (κ1) is 18.1. The van der Waals surface area contributed by atoms with Gasteiger partial charge in [0.25, 0.3) is 0 Å². The zero-order valence-corrected chi connectivity index (χ0v) is 13.6. The SMILES string of the molecule is CNCCCC(=O)Nc1ccc(NC(=O)CCN(C)C)cc1. The minimum absolute atomic E-state index is 0.00183. The van der Waals surface area contributed by atoms with Gasteiger partial charge in [-0.25, -0.2) is 0 Å². The number of nitrogens with one attached hydrogen (secondary N) is 3. The Balaban J connectivity index is 2.39. The Kier molecular flexibility index (Phi) is 8.17. The maximum atomic E-state index is 11.7. The maximum absolute atomic E-state index is 11.7. The van der Waals surface area contributed by atoms with Gasteiger partial charge in [0.1, 0.15) is 0 Å². The van der Waals surface area contributed by atoms with Crippen LogP contribution in [0.3, 0.4) is 0 Å². The summed E-state index contributed by atoms with van der Waals surface area (Å²) in [5.74, 6) is -0.0180. The van der Waals surface area contributed by atoms with E-state index in [4.69, 9.17) is 0 Å². The van der Waals surface area contributed by atoms with Crippen molar-refractivity contribution in [3.63, 3.8) is 0 Å². The van der Waals surface area contributed by atoms with Gasteiger partial charge in [-0.2, -0.15) is 0 Å². The lowest BCUT2D eigenvalue weighted by Crippen LogP contribution is -2.20. The van der Waals surface area contributed by atoms with Crippen molar-refractivity contribution in [1.82, 2.24) is 10.2 Å². The van der Waals surface area contributed by atoms with Crippen LogP contribution in [-0.2, 0) is 9.59 Å². The van der Waals surface area contributed by atoms with Crippen LogP contribution in [-0.4, -0.2) is 50.9 Å². The Morgan fingerprint density at radius 2 is 1.45 bits per heavy atom. The number of hydrogen-bond acceptors (Lipinski definition) is 4. The zero-order chi connectivity index (χ0) is 16.4. The van der Waals surface area contributed by atoms with Gasteiger partial charge in [-0.15, -0.1) is 0 Å². The molecule has 1 aromatic carbocycles. The highest BCUT2D eigenvalue weighted by Crippen LogP contribution is 2.14. The molecule has 0 heterocycles. The van der Waals surface area contributed by atoms with Gasteiger partial charge >= 0.3 is 0 Å². The molecule has 0 unspecified atom stereocenters. The van der Waals surface area contributed by atoms with Crippen LogP contribution in [0.25, 0.3) is 0 Å². The van der Waals surface area contributed by atoms with Crippen molar-refractivity contribution in [3.05, 3.63) is 24.3 Å². The first-order valence-corrected chi connectivity index (χ1v) is 7.50. The summed E-state index contributed by atoms with van der Waals surface area (Å²) in [4.78, 5) is 25.4. The third-order valence-corrected chi connectivity index (χ3v) is 3.07. The molecule has 0 aliphatic rings. The normalized spacial score (nSPS) is 10.5. The number of rotatable bonds is 9. The lowest BCUT2D eigenvalue weighted by atomic mass is 10.2. The molecule has 0 spiro atoms. The van der Waals surface area contributed by atoms with Crippen molar-refractivity contribution < 1.29 is 9.59 Å². The van der Waals surface area contributed by atoms with E-state index < -0.39 is 0 Å². The van der Waals surface area contributed by atoms with E-state index in [1.807, 2.05) is 26.0 Å². The quantitative estimate of drug-likeness (QED) is 0.605. The largest absolute Gasteiger partial charge is 0.326 e. The molecule has 0 saturated heterocycles. The molecule has 1 aromatic rings. The Bertz CT molecular complexity index is 472. The number of carbonyl (C=O) groups excluding carboxylic acids is 2. The van der Waals surface area contributed by atoms with Gasteiger partial charge in [-0.1, -0.05) is 0 Å². The third-order valence-electron chi connectivity index (χ3n) is 3.07. The van der Waals surface area contributed by atoms with Crippen LogP contribution >= 0.6 is 0 Å². The number of anilines is 2. The number of benzene rings is 1. The summed E-state index contributed by atoms with van der Waals surface area (Å²) in [6.07, 6.45) is 1.75. The van der Waals surface area contributed by atoms with Gasteiger partial charge < -0.3 is 20.9 Å². The van der Waals surface area contributed by atoms with Gasteiger partial charge in [-0.05, 0) is 58.4 Å². The zero-order valence-electron chi connectivity index (χ0n) is 13.6. The molecular weight excluding hydrogens is 280 g/mol. The summed E-state index contributed by atoms with van der Waals surface area (Å²) in [7, 11) is 5.73. The van der Waals surface area contributed by atoms with Crippen molar-refractivity contribution in [2.24, 2.45) is 0 Å². The van der Waals surface area contributed by atoms with Gasteiger partial charge in [0.2, 0.25) is 11.8 Å². The number of nitrogens with zero attached hydrogens (tertiary/aromatic N) is 1. The maximum Gasteiger partial charge on any atom is 0.225 e. The summed E-state index contributed by atoms with van der Waals surface area (Å²) in [5.41, 5.74) is 1.47. The summed E-state index contributed by atoms with van der Waals surface area (Å²) >= 11 is 0. The van der Waals surface area contributed by atoms with Crippen LogP contribution in [0.2, 0.25) is 0 Å². The molecule has 0 bridgehead atoms. The Morgan fingerprint density at radius 3 is 1.91 bits per heavy atom. The van der Waals surface area contributed by atoms with E-state index in [9.17, 15) is 9.59 Å². The van der Waals surface area contributed by atoms with Crippen molar-refractivity contribution in [2.75, 3.05) is 44.9 Å². The number of carbonyl (C=O) groups is 2. The van der Waals surface area contributed by atoms with E-state index in [0.717, 1.165) is 24.3 Å². The van der Waals surface area contributed by atoms with E-state index in [1.54, 1.807) is 24.3 Å². The molecule has 1 rings (SSSR count). The molecule has 0 aromatic heterocycles. The van der Waals surface area contributed by atoms with E-state index in [1.165, 1.54) is 0 Å². The molecule has 0 aliphatic heterocycles. The first-order chi connectivity index (χ1) is 10.5. The van der Waals surface area contributed by atoms with Crippen LogP contribution in [0.5, 0.6) is 0 Å². The Labute approximate surface area is 132 Å². The van der Waals surface area contributed by atoms with Crippen molar-refractivity contribution in [2.45, 2.75) is 19.3 Å². The molecule has 22 heavy (non-hydrogen) atoms. The molecule has 0 radical (unpaired) electrons. The summed E-state index contributed by atoms with van der Waals surface area (Å²) in [6.45, 7) is 1.54. The van der Waals surface area contributed by atoms with Crippen molar-refractivity contribution in [3.8, 4) is 0 Å². The Morgan fingerprint density at radius 1 is 0.955 bits per heavy atom. The molecule has 6 nitrogen and oxygen atoms in total. The second-order valence-corrected chi connectivity index (χ2v) is 5.43. The van der Waals surface area contributed by atoms with E-state index in [-0.39, 0.29) is 11.8 Å². The lowest BCUT2D eigenvalue weighted by Gasteiger charge is -2.10. The van der Waals surface area contributed by atoms with Gasteiger partial charge in [0.05, 0.1) is 0 Å². The smallest absolute Gasteiger partial charge is 0.225 e. The van der Waals surface area contributed by atoms with E-state index in [2.05, 4.69) is 16.0 Å². The molecule has 2 amide bonds. The molecule has 122 valence electrons. The summed E-state index contributed by atoms with van der Waals surface area (Å²) in [5, 5.41) is 8.68. The molecule has 6 heteroatoms. The van der Waals surface area contributed by atoms with Gasteiger partial charge in [-0.3, -0.25) is 9.59 Å². The highest BCUT2D eigenvalue weighted by atomic mass is 16.2.